The summed E-state index contributed by atoms with van der Waals surface area (Å²) < 4.78 is 16.1. The number of oxazole rings is 1. The zero-order chi connectivity index (χ0) is 20.7. The minimum Gasteiger partial charge on any atom is -0.497 e. The molecule has 0 unspecified atom stereocenters. The lowest BCUT2D eigenvalue weighted by atomic mass is 10.0. The summed E-state index contributed by atoms with van der Waals surface area (Å²) in [6.45, 7) is 0. The third kappa shape index (κ3) is 2.93. The second kappa shape index (κ2) is 7.15. The van der Waals surface area contributed by atoms with E-state index in [4.69, 9.17) is 18.9 Å². The highest BCUT2D eigenvalue weighted by atomic mass is 16.5. The molecule has 0 saturated carbocycles. The molecule has 1 aliphatic rings. The SMILES string of the molecule is COC(=O)c1cccc2oc(-c3cccc4c3N=C(c3ccc(OC)cc3)C4)nc12. The van der Waals surface area contributed by atoms with Crippen molar-refractivity contribution in [3.05, 3.63) is 77.4 Å². The van der Waals surface area contributed by atoms with Gasteiger partial charge in [0.2, 0.25) is 5.89 Å². The molecule has 1 aromatic heterocycles. The number of methoxy groups -OCH3 is 2. The Morgan fingerprint density at radius 1 is 1.00 bits per heavy atom. The molecule has 148 valence electrons. The van der Waals surface area contributed by atoms with Crippen molar-refractivity contribution in [3.8, 4) is 17.2 Å². The molecule has 5 rings (SSSR count). The van der Waals surface area contributed by atoms with Crippen molar-refractivity contribution in [2.24, 2.45) is 4.99 Å². The highest BCUT2D eigenvalue weighted by Gasteiger charge is 2.23. The van der Waals surface area contributed by atoms with E-state index < -0.39 is 5.97 Å². The molecule has 0 bridgehead atoms. The molecule has 30 heavy (non-hydrogen) atoms. The Labute approximate surface area is 172 Å². The minimum atomic E-state index is -0.446. The van der Waals surface area contributed by atoms with E-state index in [1.165, 1.54) is 7.11 Å². The van der Waals surface area contributed by atoms with Crippen LogP contribution in [0.2, 0.25) is 0 Å². The summed E-state index contributed by atoms with van der Waals surface area (Å²) in [5, 5.41) is 0. The molecule has 0 aliphatic carbocycles. The smallest absolute Gasteiger partial charge is 0.340 e. The van der Waals surface area contributed by atoms with Crippen molar-refractivity contribution >= 4 is 28.5 Å². The van der Waals surface area contributed by atoms with Gasteiger partial charge in [0, 0.05) is 6.42 Å². The van der Waals surface area contributed by atoms with Crippen LogP contribution in [0.3, 0.4) is 0 Å². The Balaban J connectivity index is 1.59. The Bertz CT molecular complexity index is 1300. The van der Waals surface area contributed by atoms with Crippen LogP contribution in [0.25, 0.3) is 22.6 Å². The lowest BCUT2D eigenvalue weighted by Crippen LogP contribution is -2.01. The van der Waals surface area contributed by atoms with E-state index in [9.17, 15) is 4.79 Å². The van der Waals surface area contributed by atoms with E-state index in [-0.39, 0.29) is 0 Å². The maximum atomic E-state index is 12.1. The van der Waals surface area contributed by atoms with Crippen molar-refractivity contribution < 1.29 is 18.7 Å². The maximum Gasteiger partial charge on any atom is 0.340 e. The van der Waals surface area contributed by atoms with Crippen LogP contribution in [0.4, 0.5) is 5.69 Å². The minimum absolute atomic E-state index is 0.375. The van der Waals surface area contributed by atoms with Gasteiger partial charge < -0.3 is 13.9 Å². The van der Waals surface area contributed by atoms with Crippen molar-refractivity contribution in [2.75, 3.05) is 14.2 Å². The number of para-hydroxylation sites is 2. The van der Waals surface area contributed by atoms with Crippen molar-refractivity contribution in [1.82, 2.24) is 4.98 Å². The summed E-state index contributed by atoms with van der Waals surface area (Å²) >= 11 is 0. The molecule has 6 nitrogen and oxygen atoms in total. The van der Waals surface area contributed by atoms with Gasteiger partial charge in [-0.2, -0.15) is 0 Å². The zero-order valence-corrected chi connectivity index (χ0v) is 16.5. The standard InChI is InChI=1S/C24H18N2O4/c1-28-16-11-9-14(10-12-16)19-13-15-5-3-6-17(21(15)25-19)23-26-22-18(24(27)29-2)7-4-8-20(22)30-23/h3-12H,13H2,1-2H3. The van der Waals surface area contributed by atoms with E-state index >= 15 is 0 Å². The summed E-state index contributed by atoms with van der Waals surface area (Å²) in [6, 6.07) is 19.0. The first-order valence-electron chi connectivity index (χ1n) is 9.50. The zero-order valence-electron chi connectivity index (χ0n) is 16.5. The normalized spacial score (nSPS) is 12.5. The Hall–Kier alpha value is -3.93. The fraction of sp³-hybridized carbons (Fsp3) is 0.125. The highest BCUT2D eigenvalue weighted by Crippen LogP contribution is 2.39. The lowest BCUT2D eigenvalue weighted by molar-refractivity contribution is 0.0602. The summed E-state index contributed by atoms with van der Waals surface area (Å²) in [5.41, 5.74) is 6.15. The van der Waals surface area contributed by atoms with Crippen molar-refractivity contribution in [3.63, 3.8) is 0 Å². The number of ether oxygens (including phenoxy) is 2. The summed E-state index contributed by atoms with van der Waals surface area (Å²) in [5.74, 6) is 0.792. The van der Waals surface area contributed by atoms with E-state index in [0.717, 1.165) is 40.3 Å². The van der Waals surface area contributed by atoms with Gasteiger partial charge in [-0.05, 0) is 53.6 Å². The molecule has 6 heteroatoms. The van der Waals surface area contributed by atoms with Crippen LogP contribution in [0.5, 0.6) is 5.75 Å². The molecular formula is C24H18N2O4. The van der Waals surface area contributed by atoms with Crippen LogP contribution in [0.1, 0.15) is 21.5 Å². The Kier molecular flexibility index (Phi) is 4.32. The number of esters is 1. The fourth-order valence-corrected chi connectivity index (χ4v) is 3.68. The monoisotopic (exact) mass is 398 g/mol. The van der Waals surface area contributed by atoms with E-state index in [2.05, 4.69) is 11.1 Å². The maximum absolute atomic E-state index is 12.1. The molecule has 0 N–H and O–H groups in total. The molecule has 3 aromatic carbocycles. The summed E-state index contributed by atoms with van der Waals surface area (Å²) in [6.07, 6.45) is 0.725. The van der Waals surface area contributed by atoms with Crippen LogP contribution in [0, 0.1) is 0 Å². The molecule has 2 heterocycles. The number of rotatable bonds is 4. The Morgan fingerprint density at radius 2 is 1.80 bits per heavy atom. The van der Waals surface area contributed by atoms with Crippen LogP contribution in [0.15, 0.2) is 70.1 Å². The van der Waals surface area contributed by atoms with Gasteiger partial charge in [-0.25, -0.2) is 9.78 Å². The van der Waals surface area contributed by atoms with Gasteiger partial charge in [0.1, 0.15) is 11.3 Å². The molecular weight excluding hydrogens is 380 g/mol. The second-order valence-electron chi connectivity index (χ2n) is 6.94. The number of carbonyl (C=O) groups is 1. The third-order valence-corrected chi connectivity index (χ3v) is 5.20. The number of fused-ring (bicyclic) bond motifs is 2. The van der Waals surface area contributed by atoms with Crippen LogP contribution in [-0.2, 0) is 11.2 Å². The molecule has 0 radical (unpaired) electrons. The average Bonchev–Trinajstić information content (AvgIpc) is 3.42. The van der Waals surface area contributed by atoms with Gasteiger partial charge >= 0.3 is 5.97 Å². The number of hydrogen-bond donors (Lipinski definition) is 0. The van der Waals surface area contributed by atoms with Crippen LogP contribution >= 0.6 is 0 Å². The van der Waals surface area contributed by atoms with Crippen LogP contribution < -0.4 is 4.74 Å². The predicted molar refractivity (Wildman–Crippen MR) is 114 cm³/mol. The summed E-state index contributed by atoms with van der Waals surface area (Å²) in [4.78, 5) is 21.5. The second-order valence-corrected chi connectivity index (χ2v) is 6.94. The van der Waals surface area contributed by atoms with E-state index in [0.29, 0.717) is 22.6 Å². The molecule has 0 atom stereocenters. The Morgan fingerprint density at radius 3 is 2.57 bits per heavy atom. The van der Waals surface area contributed by atoms with Crippen LogP contribution in [-0.4, -0.2) is 30.9 Å². The molecule has 4 aromatic rings. The number of carbonyl (C=O) groups excluding carboxylic acids is 1. The first-order valence-corrected chi connectivity index (χ1v) is 9.50. The first kappa shape index (κ1) is 18.1. The van der Waals surface area contributed by atoms with Crippen molar-refractivity contribution in [2.45, 2.75) is 6.42 Å². The van der Waals surface area contributed by atoms with Gasteiger partial charge in [0.15, 0.2) is 5.58 Å². The molecule has 0 fully saturated rings. The van der Waals surface area contributed by atoms with Gasteiger partial charge in [0.25, 0.3) is 0 Å². The average molecular weight is 398 g/mol. The fourth-order valence-electron chi connectivity index (χ4n) is 3.68. The highest BCUT2D eigenvalue weighted by molar-refractivity contribution is 6.08. The quantitative estimate of drug-likeness (QED) is 0.454. The first-order chi connectivity index (χ1) is 14.7. The number of aromatic nitrogens is 1. The molecule has 0 saturated heterocycles. The van der Waals surface area contributed by atoms with E-state index in [1.54, 1.807) is 25.3 Å². The number of nitrogens with zero attached hydrogens (tertiary/aromatic N) is 2. The summed E-state index contributed by atoms with van der Waals surface area (Å²) in [7, 11) is 3.00. The van der Waals surface area contributed by atoms with Gasteiger partial charge in [-0.15, -0.1) is 0 Å². The van der Waals surface area contributed by atoms with Gasteiger partial charge in [-0.1, -0.05) is 18.2 Å². The number of aliphatic imine (C=N–C) groups is 1. The molecule has 1 aliphatic heterocycles. The number of hydrogen-bond acceptors (Lipinski definition) is 6. The van der Waals surface area contributed by atoms with E-state index in [1.807, 2.05) is 36.4 Å². The topological polar surface area (TPSA) is 73.9 Å². The number of benzene rings is 3. The van der Waals surface area contributed by atoms with Gasteiger partial charge in [0.05, 0.1) is 36.7 Å². The van der Waals surface area contributed by atoms with Gasteiger partial charge in [-0.3, -0.25) is 4.99 Å². The third-order valence-electron chi connectivity index (χ3n) is 5.20. The largest absolute Gasteiger partial charge is 0.497 e. The van der Waals surface area contributed by atoms with Crippen molar-refractivity contribution in [1.29, 1.82) is 0 Å². The molecule has 0 amide bonds. The molecule has 0 spiro atoms. The predicted octanol–water partition coefficient (Wildman–Crippen LogP) is 4.97. The lowest BCUT2D eigenvalue weighted by Gasteiger charge is -2.02.